The van der Waals surface area contributed by atoms with Gasteiger partial charge in [0.2, 0.25) is 0 Å². The summed E-state index contributed by atoms with van der Waals surface area (Å²) in [6, 6.07) is 5.78. The van der Waals surface area contributed by atoms with Crippen LogP contribution in [0.25, 0.3) is 0 Å². The molecule has 1 heterocycles. The molecule has 0 amide bonds. The maximum Gasteiger partial charge on any atom is 0.128 e. The Morgan fingerprint density at radius 3 is 2.87 bits per heavy atom. The molecule has 0 fully saturated rings. The Hall–Kier alpha value is -1.94. The highest BCUT2D eigenvalue weighted by Crippen LogP contribution is 2.25. The molecule has 0 aliphatic carbocycles. The fraction of sp³-hybridized carbons (Fsp3) is 0.474. The summed E-state index contributed by atoms with van der Waals surface area (Å²) in [7, 11) is 1.66. The third-order valence-electron chi connectivity index (χ3n) is 4.06. The highest BCUT2D eigenvalue weighted by atomic mass is 16.5. The molecule has 23 heavy (non-hydrogen) atoms. The van der Waals surface area contributed by atoms with Gasteiger partial charge in [0, 0.05) is 31.3 Å². The van der Waals surface area contributed by atoms with Gasteiger partial charge in [-0.2, -0.15) is 0 Å². The highest BCUT2D eigenvalue weighted by Gasteiger charge is 2.12. The van der Waals surface area contributed by atoms with Crippen molar-refractivity contribution in [2.75, 3.05) is 26.8 Å². The third-order valence-corrected chi connectivity index (χ3v) is 4.06. The van der Waals surface area contributed by atoms with Gasteiger partial charge >= 0.3 is 0 Å². The minimum Gasteiger partial charge on any atom is -0.497 e. The lowest BCUT2D eigenvalue weighted by atomic mass is 10.2. The smallest absolute Gasteiger partial charge is 0.128 e. The van der Waals surface area contributed by atoms with Gasteiger partial charge in [-0.15, -0.1) is 0 Å². The number of unbranched alkanes of at least 4 members (excludes halogenated alkanes) is 2. The van der Waals surface area contributed by atoms with E-state index in [2.05, 4.69) is 30.1 Å². The molecule has 1 aliphatic heterocycles. The summed E-state index contributed by atoms with van der Waals surface area (Å²) >= 11 is 0. The molecule has 0 unspecified atom stereocenters. The van der Waals surface area contributed by atoms with Crippen LogP contribution in [0.3, 0.4) is 0 Å². The zero-order valence-electron chi connectivity index (χ0n) is 14.3. The van der Waals surface area contributed by atoms with E-state index in [-0.39, 0.29) is 0 Å². The number of nitrogens with zero attached hydrogens (tertiary/aromatic N) is 1. The van der Waals surface area contributed by atoms with Crippen LogP contribution in [0.4, 0.5) is 0 Å². The number of rotatable bonds is 9. The second-order valence-corrected chi connectivity index (χ2v) is 5.71. The van der Waals surface area contributed by atoms with E-state index in [0.717, 1.165) is 30.2 Å². The molecule has 4 nitrogen and oxygen atoms in total. The summed E-state index contributed by atoms with van der Waals surface area (Å²) in [5.41, 5.74) is 8.01. The van der Waals surface area contributed by atoms with E-state index in [1.165, 1.54) is 25.0 Å². The minimum absolute atomic E-state index is 0.457. The lowest BCUT2D eigenvalue weighted by Gasteiger charge is -2.28. The summed E-state index contributed by atoms with van der Waals surface area (Å²) in [5.74, 6) is 1.59. The highest BCUT2D eigenvalue weighted by molar-refractivity contribution is 5.41. The zero-order valence-corrected chi connectivity index (χ0v) is 14.3. The molecule has 0 saturated heterocycles. The topological polar surface area (TPSA) is 47.7 Å². The van der Waals surface area contributed by atoms with Crippen molar-refractivity contribution in [2.24, 2.45) is 5.73 Å². The average molecular weight is 316 g/mol. The van der Waals surface area contributed by atoms with Crippen LogP contribution in [-0.4, -0.2) is 31.7 Å². The second-order valence-electron chi connectivity index (χ2n) is 5.71. The molecule has 1 aliphatic rings. The number of benzene rings is 1. The quantitative estimate of drug-likeness (QED) is 0.709. The first kappa shape index (κ1) is 17.4. The van der Waals surface area contributed by atoms with Crippen LogP contribution < -0.4 is 15.2 Å². The van der Waals surface area contributed by atoms with Gasteiger partial charge in [-0.05, 0) is 18.6 Å². The summed E-state index contributed by atoms with van der Waals surface area (Å²) in [5, 5.41) is 0. The molecule has 2 rings (SSSR count). The van der Waals surface area contributed by atoms with Crippen LogP contribution in [0.2, 0.25) is 0 Å². The molecule has 4 heteroatoms. The third kappa shape index (κ3) is 5.03. The largest absolute Gasteiger partial charge is 0.497 e. The standard InChI is InChI=1S/C19H28N2O2/c1-3-4-6-11-21-12-7-5-8-17(21)15-23-19-13-18(22-2)10-9-16(19)14-20/h5,7-10,13H,3-4,6,11-12,14-15,20H2,1-2H3. The number of hydrogen-bond acceptors (Lipinski definition) is 4. The van der Waals surface area contributed by atoms with Crippen molar-refractivity contribution in [1.82, 2.24) is 4.90 Å². The SMILES string of the molecule is CCCCCN1CC=CC=C1COc1cc(OC)ccc1CN. The van der Waals surface area contributed by atoms with Crippen molar-refractivity contribution < 1.29 is 9.47 Å². The predicted molar refractivity (Wildman–Crippen MR) is 94.7 cm³/mol. The molecule has 126 valence electrons. The Bertz CT molecular complexity index is 552. The van der Waals surface area contributed by atoms with Crippen LogP contribution in [0.5, 0.6) is 11.5 Å². The fourth-order valence-electron chi connectivity index (χ4n) is 2.63. The Morgan fingerprint density at radius 1 is 1.26 bits per heavy atom. The Kier molecular flexibility index (Phi) is 7.01. The summed E-state index contributed by atoms with van der Waals surface area (Å²) in [6.07, 6.45) is 10.1. The van der Waals surface area contributed by atoms with Gasteiger partial charge in [-0.1, -0.05) is 38.0 Å². The average Bonchev–Trinajstić information content (AvgIpc) is 2.60. The number of allylic oxidation sites excluding steroid dienone is 2. The second kappa shape index (κ2) is 9.26. The Labute approximate surface area is 139 Å². The van der Waals surface area contributed by atoms with E-state index >= 15 is 0 Å². The molecule has 0 radical (unpaired) electrons. The van der Waals surface area contributed by atoms with Crippen molar-refractivity contribution >= 4 is 0 Å². The molecule has 1 aromatic carbocycles. The molecular formula is C19H28N2O2. The number of hydrogen-bond donors (Lipinski definition) is 1. The first-order valence-electron chi connectivity index (χ1n) is 8.39. The van der Waals surface area contributed by atoms with E-state index in [9.17, 15) is 0 Å². The normalized spacial score (nSPS) is 13.9. The van der Waals surface area contributed by atoms with E-state index in [0.29, 0.717) is 13.2 Å². The van der Waals surface area contributed by atoms with Crippen molar-refractivity contribution in [3.8, 4) is 11.5 Å². The lowest BCUT2D eigenvalue weighted by Crippen LogP contribution is -2.29. The monoisotopic (exact) mass is 316 g/mol. The Balaban J connectivity index is 2.00. The summed E-state index contributed by atoms with van der Waals surface area (Å²) in [6.45, 7) is 5.28. The van der Waals surface area contributed by atoms with E-state index in [4.69, 9.17) is 15.2 Å². The van der Waals surface area contributed by atoms with Crippen molar-refractivity contribution in [3.63, 3.8) is 0 Å². The molecular weight excluding hydrogens is 288 g/mol. The van der Waals surface area contributed by atoms with Gasteiger partial charge in [0.1, 0.15) is 18.1 Å². The van der Waals surface area contributed by atoms with Gasteiger partial charge in [0.25, 0.3) is 0 Å². The Morgan fingerprint density at radius 2 is 2.13 bits per heavy atom. The van der Waals surface area contributed by atoms with Crippen LogP contribution >= 0.6 is 0 Å². The van der Waals surface area contributed by atoms with Gasteiger partial charge < -0.3 is 20.1 Å². The van der Waals surface area contributed by atoms with Crippen LogP contribution in [-0.2, 0) is 6.54 Å². The van der Waals surface area contributed by atoms with E-state index < -0.39 is 0 Å². The van der Waals surface area contributed by atoms with Gasteiger partial charge in [-0.25, -0.2) is 0 Å². The van der Waals surface area contributed by atoms with E-state index in [1.54, 1.807) is 7.11 Å². The van der Waals surface area contributed by atoms with Crippen LogP contribution in [0, 0.1) is 0 Å². The first-order chi connectivity index (χ1) is 11.3. The number of nitrogens with two attached hydrogens (primary N) is 1. The lowest BCUT2D eigenvalue weighted by molar-refractivity contribution is 0.270. The molecule has 0 bridgehead atoms. The van der Waals surface area contributed by atoms with Crippen molar-refractivity contribution in [3.05, 3.63) is 47.7 Å². The molecule has 0 spiro atoms. The number of methoxy groups -OCH3 is 1. The number of ether oxygens (including phenoxy) is 2. The summed E-state index contributed by atoms with van der Waals surface area (Å²) < 4.78 is 11.3. The molecule has 2 N–H and O–H groups in total. The maximum absolute atomic E-state index is 6.04. The summed E-state index contributed by atoms with van der Waals surface area (Å²) in [4.78, 5) is 2.39. The predicted octanol–water partition coefficient (Wildman–Crippen LogP) is 3.48. The van der Waals surface area contributed by atoms with Gasteiger partial charge in [0.05, 0.1) is 12.8 Å². The minimum atomic E-state index is 0.457. The molecule has 0 aromatic heterocycles. The van der Waals surface area contributed by atoms with Crippen molar-refractivity contribution in [2.45, 2.75) is 32.7 Å². The maximum atomic E-state index is 6.04. The van der Waals surface area contributed by atoms with Gasteiger partial charge in [-0.3, -0.25) is 0 Å². The van der Waals surface area contributed by atoms with Crippen LogP contribution in [0.1, 0.15) is 31.7 Å². The van der Waals surface area contributed by atoms with Crippen LogP contribution in [0.15, 0.2) is 42.1 Å². The zero-order chi connectivity index (χ0) is 16.5. The van der Waals surface area contributed by atoms with Crippen molar-refractivity contribution in [1.29, 1.82) is 0 Å². The fourth-order valence-corrected chi connectivity index (χ4v) is 2.63. The molecule has 0 atom stereocenters. The van der Waals surface area contributed by atoms with E-state index in [1.807, 2.05) is 18.2 Å². The van der Waals surface area contributed by atoms with Gasteiger partial charge in [0.15, 0.2) is 0 Å². The molecule has 1 aromatic rings. The first-order valence-corrected chi connectivity index (χ1v) is 8.39. The molecule has 0 saturated carbocycles.